The molecule has 0 N–H and O–H groups in total. The first-order valence-corrected chi connectivity index (χ1v) is 7.28. The van der Waals surface area contributed by atoms with Crippen LogP contribution >= 0.6 is 23.5 Å². The van der Waals surface area contributed by atoms with Crippen LogP contribution in [-0.2, 0) is 0 Å². The summed E-state index contributed by atoms with van der Waals surface area (Å²) >= 11 is 4.40. The summed E-state index contributed by atoms with van der Waals surface area (Å²) < 4.78 is 0.966. The van der Waals surface area contributed by atoms with Crippen molar-refractivity contribution in [3.63, 3.8) is 0 Å². The Balaban J connectivity index is 1.69. The van der Waals surface area contributed by atoms with Crippen LogP contribution in [0.25, 0.3) is 0 Å². The Hall–Kier alpha value is 0.700. The Labute approximate surface area is 84.3 Å². The van der Waals surface area contributed by atoms with Crippen molar-refractivity contribution < 1.29 is 0 Å². The van der Waals surface area contributed by atoms with Gasteiger partial charge in [0.2, 0.25) is 0 Å². The molecule has 1 aliphatic heterocycles. The van der Waals surface area contributed by atoms with E-state index in [1.807, 2.05) is 0 Å². The summed E-state index contributed by atoms with van der Waals surface area (Å²) in [5.41, 5.74) is 0. The molecule has 2 heteroatoms. The molecule has 70 valence electrons. The number of hydrogen-bond donors (Lipinski definition) is 0. The van der Waals surface area contributed by atoms with Gasteiger partial charge in [-0.3, -0.25) is 0 Å². The van der Waals surface area contributed by atoms with E-state index < -0.39 is 0 Å². The molecule has 0 spiro atoms. The molecule has 2 aliphatic rings. The Bertz CT molecular complexity index is 124. The maximum atomic E-state index is 2.20. The molecule has 0 unspecified atom stereocenters. The predicted octanol–water partition coefficient (Wildman–Crippen LogP) is 3.76. The highest BCUT2D eigenvalue weighted by molar-refractivity contribution is 8.20. The van der Waals surface area contributed by atoms with Gasteiger partial charge in [-0.1, -0.05) is 32.1 Å². The molecule has 0 aromatic carbocycles. The van der Waals surface area contributed by atoms with Crippen molar-refractivity contribution in [3.05, 3.63) is 0 Å². The fourth-order valence-electron chi connectivity index (χ4n) is 2.24. The molecule has 2 rings (SSSR count). The van der Waals surface area contributed by atoms with Crippen LogP contribution in [0.5, 0.6) is 0 Å². The smallest absolute Gasteiger partial charge is 0.0505 e. The van der Waals surface area contributed by atoms with E-state index in [0.717, 1.165) is 10.5 Å². The van der Waals surface area contributed by atoms with Gasteiger partial charge in [0.05, 0.1) is 4.58 Å². The SMILES string of the molecule is C1CCC(CC2SCCS2)CC1. The van der Waals surface area contributed by atoms with Crippen molar-refractivity contribution in [2.24, 2.45) is 5.92 Å². The molecule has 1 saturated heterocycles. The fraction of sp³-hybridized carbons (Fsp3) is 1.00. The van der Waals surface area contributed by atoms with Crippen LogP contribution in [0.15, 0.2) is 0 Å². The Morgan fingerprint density at radius 3 is 2.25 bits per heavy atom. The predicted molar refractivity (Wildman–Crippen MR) is 59.9 cm³/mol. The van der Waals surface area contributed by atoms with Crippen molar-refractivity contribution in [3.8, 4) is 0 Å². The van der Waals surface area contributed by atoms with Gasteiger partial charge in [-0.05, 0) is 12.3 Å². The average molecular weight is 202 g/mol. The molecule has 1 aliphatic carbocycles. The van der Waals surface area contributed by atoms with E-state index in [1.54, 1.807) is 0 Å². The zero-order valence-corrected chi connectivity index (χ0v) is 9.26. The van der Waals surface area contributed by atoms with Crippen LogP contribution in [-0.4, -0.2) is 16.1 Å². The van der Waals surface area contributed by atoms with Crippen molar-refractivity contribution in [1.82, 2.24) is 0 Å². The lowest BCUT2D eigenvalue weighted by Gasteiger charge is -2.23. The zero-order valence-electron chi connectivity index (χ0n) is 7.63. The van der Waals surface area contributed by atoms with E-state index in [0.29, 0.717) is 0 Å². The van der Waals surface area contributed by atoms with E-state index in [1.165, 1.54) is 50.0 Å². The van der Waals surface area contributed by atoms with E-state index in [9.17, 15) is 0 Å². The van der Waals surface area contributed by atoms with Gasteiger partial charge in [0.1, 0.15) is 0 Å². The van der Waals surface area contributed by atoms with Crippen molar-refractivity contribution in [1.29, 1.82) is 0 Å². The third kappa shape index (κ3) is 2.59. The maximum absolute atomic E-state index is 2.20. The van der Waals surface area contributed by atoms with Gasteiger partial charge in [-0.15, -0.1) is 23.5 Å². The monoisotopic (exact) mass is 202 g/mol. The lowest BCUT2D eigenvalue weighted by Crippen LogP contribution is -2.10. The second kappa shape index (κ2) is 4.80. The minimum absolute atomic E-state index is 0.966. The Kier molecular flexibility index (Phi) is 3.71. The fourth-order valence-corrected chi connectivity index (χ4v) is 5.31. The number of rotatable bonds is 2. The third-order valence-corrected chi connectivity index (χ3v) is 6.02. The van der Waals surface area contributed by atoms with Crippen molar-refractivity contribution in [2.75, 3.05) is 11.5 Å². The molecule has 0 bridgehead atoms. The zero-order chi connectivity index (χ0) is 8.23. The van der Waals surface area contributed by atoms with Gasteiger partial charge in [-0.2, -0.15) is 0 Å². The summed E-state index contributed by atoms with van der Waals surface area (Å²) in [5, 5.41) is 0. The van der Waals surface area contributed by atoms with E-state index in [4.69, 9.17) is 0 Å². The standard InChI is InChI=1S/C10H18S2/c1-2-4-9(5-3-1)8-10-11-6-7-12-10/h9-10H,1-8H2. The molecule has 1 heterocycles. The van der Waals surface area contributed by atoms with Crippen LogP contribution in [0.2, 0.25) is 0 Å². The van der Waals surface area contributed by atoms with E-state index in [-0.39, 0.29) is 0 Å². The van der Waals surface area contributed by atoms with Crippen LogP contribution in [0.3, 0.4) is 0 Å². The van der Waals surface area contributed by atoms with Gasteiger partial charge < -0.3 is 0 Å². The first-order valence-electron chi connectivity index (χ1n) is 5.18. The minimum Gasteiger partial charge on any atom is -0.147 e. The van der Waals surface area contributed by atoms with E-state index >= 15 is 0 Å². The summed E-state index contributed by atoms with van der Waals surface area (Å²) in [5.74, 6) is 3.89. The van der Waals surface area contributed by atoms with Gasteiger partial charge in [0, 0.05) is 11.5 Å². The van der Waals surface area contributed by atoms with Crippen LogP contribution < -0.4 is 0 Å². The minimum atomic E-state index is 0.966. The third-order valence-electron chi connectivity index (χ3n) is 2.94. The first kappa shape index (κ1) is 9.26. The highest BCUT2D eigenvalue weighted by Crippen LogP contribution is 2.39. The van der Waals surface area contributed by atoms with Crippen molar-refractivity contribution in [2.45, 2.75) is 43.1 Å². The molecule has 12 heavy (non-hydrogen) atoms. The normalized spacial score (nSPS) is 28.0. The average Bonchev–Trinajstić information content (AvgIpc) is 2.59. The molecule has 0 atom stereocenters. The molecule has 0 aromatic heterocycles. The second-order valence-electron chi connectivity index (χ2n) is 3.91. The summed E-state index contributed by atoms with van der Waals surface area (Å²) in [7, 11) is 0. The molecule has 0 amide bonds. The lowest BCUT2D eigenvalue weighted by molar-refractivity contribution is 0.348. The summed E-state index contributed by atoms with van der Waals surface area (Å²) in [6, 6.07) is 0. The van der Waals surface area contributed by atoms with Crippen molar-refractivity contribution >= 4 is 23.5 Å². The quantitative estimate of drug-likeness (QED) is 0.668. The van der Waals surface area contributed by atoms with Crippen LogP contribution in [0.1, 0.15) is 38.5 Å². The molecule has 1 saturated carbocycles. The Morgan fingerprint density at radius 1 is 0.917 bits per heavy atom. The van der Waals surface area contributed by atoms with Gasteiger partial charge in [0.15, 0.2) is 0 Å². The molecular formula is C10H18S2. The summed E-state index contributed by atoms with van der Waals surface area (Å²) in [4.78, 5) is 0. The largest absolute Gasteiger partial charge is 0.147 e. The molecular weight excluding hydrogens is 184 g/mol. The summed E-state index contributed by atoms with van der Waals surface area (Å²) in [6.07, 6.45) is 9.07. The molecule has 0 nitrogen and oxygen atoms in total. The number of hydrogen-bond acceptors (Lipinski definition) is 2. The van der Waals surface area contributed by atoms with Gasteiger partial charge in [-0.25, -0.2) is 0 Å². The van der Waals surface area contributed by atoms with E-state index in [2.05, 4.69) is 23.5 Å². The van der Waals surface area contributed by atoms with Crippen LogP contribution in [0, 0.1) is 5.92 Å². The molecule has 0 radical (unpaired) electrons. The molecule has 0 aromatic rings. The maximum Gasteiger partial charge on any atom is 0.0505 e. The number of thioether (sulfide) groups is 2. The van der Waals surface area contributed by atoms with Gasteiger partial charge >= 0.3 is 0 Å². The topological polar surface area (TPSA) is 0 Å². The highest BCUT2D eigenvalue weighted by Gasteiger charge is 2.22. The summed E-state index contributed by atoms with van der Waals surface area (Å²) in [6.45, 7) is 0. The molecule has 2 fully saturated rings. The lowest BCUT2D eigenvalue weighted by atomic mass is 9.87. The first-order chi connectivity index (χ1) is 5.95. The van der Waals surface area contributed by atoms with Crippen LogP contribution in [0.4, 0.5) is 0 Å². The van der Waals surface area contributed by atoms with Gasteiger partial charge in [0.25, 0.3) is 0 Å². The Morgan fingerprint density at radius 2 is 1.58 bits per heavy atom. The highest BCUT2D eigenvalue weighted by atomic mass is 32.2. The second-order valence-corrected chi connectivity index (χ2v) is 6.83.